The third kappa shape index (κ3) is 4.05. The largest absolute Gasteiger partial charge is 0.478 e. The van der Waals surface area contributed by atoms with Crippen molar-refractivity contribution in [2.45, 2.75) is 13.5 Å². The summed E-state index contributed by atoms with van der Waals surface area (Å²) in [5.41, 5.74) is 3.20. The first kappa shape index (κ1) is 19.6. The second-order valence-corrected chi connectivity index (χ2v) is 8.20. The summed E-state index contributed by atoms with van der Waals surface area (Å²) in [7, 11) is 0. The van der Waals surface area contributed by atoms with E-state index in [2.05, 4.69) is 15.3 Å². The van der Waals surface area contributed by atoms with Crippen LogP contribution in [-0.2, 0) is 6.54 Å². The number of rotatable bonds is 5. The molecule has 0 amide bonds. The zero-order valence-corrected chi connectivity index (χ0v) is 17.6. The second-order valence-electron chi connectivity index (χ2n) is 6.49. The molecule has 29 heavy (non-hydrogen) atoms. The topological polar surface area (TPSA) is 75.1 Å². The number of aromatic nitrogens is 2. The van der Waals surface area contributed by atoms with E-state index in [1.165, 1.54) is 11.3 Å². The highest BCUT2D eigenvalue weighted by Crippen LogP contribution is 2.30. The zero-order valence-electron chi connectivity index (χ0n) is 15.2. The minimum atomic E-state index is -1.02. The lowest BCUT2D eigenvalue weighted by Gasteiger charge is -2.14. The molecular weight excluding hydrogens is 429 g/mol. The fraction of sp³-hybridized carbons (Fsp3) is 0.0952. The lowest BCUT2D eigenvalue weighted by molar-refractivity contribution is 0.0697. The van der Waals surface area contributed by atoms with E-state index in [9.17, 15) is 9.90 Å². The highest BCUT2D eigenvalue weighted by molar-refractivity contribution is 7.16. The Bertz CT molecular complexity index is 1240. The Morgan fingerprint density at radius 2 is 2.00 bits per heavy atom. The summed E-state index contributed by atoms with van der Waals surface area (Å²) in [6, 6.07) is 10.8. The smallest absolute Gasteiger partial charge is 0.336 e. The van der Waals surface area contributed by atoms with Crippen LogP contribution >= 0.6 is 34.5 Å². The van der Waals surface area contributed by atoms with Gasteiger partial charge in [-0.1, -0.05) is 29.3 Å². The van der Waals surface area contributed by atoms with E-state index in [0.29, 0.717) is 28.0 Å². The van der Waals surface area contributed by atoms with Crippen molar-refractivity contribution in [3.05, 3.63) is 74.7 Å². The highest BCUT2D eigenvalue weighted by atomic mass is 35.5. The Hall–Kier alpha value is -2.67. The van der Waals surface area contributed by atoms with Crippen LogP contribution in [0, 0.1) is 6.92 Å². The number of aryl methyl sites for hydroxylation is 1. The number of hydrogen-bond donors (Lipinski definition) is 2. The molecule has 0 atom stereocenters. The van der Waals surface area contributed by atoms with Gasteiger partial charge in [0.25, 0.3) is 0 Å². The summed E-state index contributed by atoms with van der Waals surface area (Å²) in [5.74, 6) is -0.635. The van der Waals surface area contributed by atoms with Crippen molar-refractivity contribution in [1.29, 1.82) is 0 Å². The molecule has 2 N–H and O–H groups in total. The number of hydrogen-bond acceptors (Lipinski definition) is 5. The number of carbonyl (C=O) groups is 1. The molecule has 0 unspecified atom stereocenters. The van der Waals surface area contributed by atoms with Gasteiger partial charge in [-0.15, -0.1) is 11.3 Å². The Morgan fingerprint density at radius 3 is 2.76 bits per heavy atom. The number of benzene rings is 2. The minimum absolute atomic E-state index is 0.165. The van der Waals surface area contributed by atoms with Crippen molar-refractivity contribution < 1.29 is 9.90 Å². The molecule has 0 radical (unpaired) electrons. The van der Waals surface area contributed by atoms with Crippen molar-refractivity contribution in [1.82, 2.24) is 9.97 Å². The lowest BCUT2D eigenvalue weighted by Crippen LogP contribution is -2.06. The molecule has 5 nitrogen and oxygen atoms in total. The second kappa shape index (κ2) is 7.99. The van der Waals surface area contributed by atoms with Gasteiger partial charge in [-0.3, -0.25) is 0 Å². The van der Waals surface area contributed by atoms with Gasteiger partial charge in [0.05, 0.1) is 15.6 Å². The molecule has 2 heterocycles. The summed E-state index contributed by atoms with van der Waals surface area (Å²) >= 11 is 13.5. The van der Waals surface area contributed by atoms with E-state index in [-0.39, 0.29) is 5.56 Å². The molecule has 0 aliphatic rings. The van der Waals surface area contributed by atoms with E-state index < -0.39 is 5.97 Å². The van der Waals surface area contributed by atoms with Gasteiger partial charge in [0.15, 0.2) is 5.82 Å². The molecule has 0 bridgehead atoms. The van der Waals surface area contributed by atoms with Crippen LogP contribution in [0.4, 0.5) is 5.69 Å². The number of anilines is 1. The average Bonchev–Trinajstić information content (AvgIpc) is 3.17. The van der Waals surface area contributed by atoms with Gasteiger partial charge in [-0.05, 0) is 53.8 Å². The van der Waals surface area contributed by atoms with Crippen molar-refractivity contribution >= 4 is 56.4 Å². The Kier molecular flexibility index (Phi) is 5.41. The van der Waals surface area contributed by atoms with Gasteiger partial charge in [-0.25, -0.2) is 14.8 Å². The summed E-state index contributed by atoms with van der Waals surface area (Å²) < 4.78 is 0. The first-order valence-electron chi connectivity index (χ1n) is 8.69. The van der Waals surface area contributed by atoms with E-state index in [1.807, 2.05) is 24.4 Å². The van der Waals surface area contributed by atoms with Crippen LogP contribution in [0.15, 0.2) is 48.0 Å². The number of carboxylic acid groups (broad SMARTS) is 1. The van der Waals surface area contributed by atoms with Crippen LogP contribution in [-0.4, -0.2) is 21.0 Å². The quantitative estimate of drug-likeness (QED) is 0.379. The van der Waals surface area contributed by atoms with Crippen molar-refractivity contribution in [3.8, 4) is 11.4 Å². The number of thiophene rings is 1. The number of fused-ring (bicyclic) bond motifs is 1. The van der Waals surface area contributed by atoms with Crippen molar-refractivity contribution in [3.63, 3.8) is 0 Å². The third-order valence-corrected chi connectivity index (χ3v) is 6.07. The molecule has 146 valence electrons. The molecular formula is C21H15Cl2N3O2S. The molecule has 0 saturated carbocycles. The Balaban J connectivity index is 1.72. The molecule has 4 rings (SSSR count). The number of carboxylic acids is 1. The summed E-state index contributed by atoms with van der Waals surface area (Å²) in [6.45, 7) is 2.37. The maximum absolute atomic E-state index is 11.8. The molecule has 0 aliphatic carbocycles. The van der Waals surface area contributed by atoms with Gasteiger partial charge in [0.1, 0.15) is 4.83 Å². The average molecular weight is 444 g/mol. The molecule has 4 aromatic rings. The van der Waals surface area contributed by atoms with Gasteiger partial charge in [0, 0.05) is 29.4 Å². The molecule has 0 fully saturated rings. The predicted octanol–water partition coefficient (Wildman–Crippen LogP) is 6.28. The van der Waals surface area contributed by atoms with E-state index in [1.54, 1.807) is 30.5 Å². The van der Waals surface area contributed by atoms with Crippen LogP contribution in [0.25, 0.3) is 21.6 Å². The van der Waals surface area contributed by atoms with Crippen LogP contribution in [0.1, 0.15) is 21.5 Å². The zero-order chi connectivity index (χ0) is 20.5. The summed E-state index contributed by atoms with van der Waals surface area (Å²) in [5, 5.41) is 16.9. The lowest BCUT2D eigenvalue weighted by atomic mass is 10.0. The first-order valence-corrected chi connectivity index (χ1v) is 10.3. The van der Waals surface area contributed by atoms with Gasteiger partial charge in [-0.2, -0.15) is 0 Å². The number of halogens is 2. The normalized spacial score (nSPS) is 11.0. The number of nitrogens with zero attached hydrogens (tertiary/aromatic N) is 2. The Labute approximate surface area is 181 Å². The highest BCUT2D eigenvalue weighted by Gasteiger charge is 2.17. The fourth-order valence-electron chi connectivity index (χ4n) is 2.99. The van der Waals surface area contributed by atoms with Gasteiger partial charge >= 0.3 is 5.97 Å². The third-order valence-electron chi connectivity index (χ3n) is 4.51. The summed E-state index contributed by atoms with van der Waals surface area (Å²) in [6.07, 6.45) is 1.71. The fourth-order valence-corrected chi connectivity index (χ4v) is 4.05. The Morgan fingerprint density at radius 1 is 1.17 bits per heavy atom. The predicted molar refractivity (Wildman–Crippen MR) is 118 cm³/mol. The number of aromatic carboxylic acids is 1. The van der Waals surface area contributed by atoms with Gasteiger partial charge < -0.3 is 10.4 Å². The minimum Gasteiger partial charge on any atom is -0.478 e. The van der Waals surface area contributed by atoms with E-state index in [4.69, 9.17) is 23.2 Å². The molecule has 0 saturated heterocycles. The van der Waals surface area contributed by atoms with Crippen molar-refractivity contribution in [2.24, 2.45) is 0 Å². The van der Waals surface area contributed by atoms with Crippen LogP contribution in [0.5, 0.6) is 0 Å². The molecule has 2 aromatic heterocycles. The van der Waals surface area contributed by atoms with Crippen LogP contribution in [0.2, 0.25) is 10.0 Å². The van der Waals surface area contributed by atoms with Crippen molar-refractivity contribution in [2.75, 3.05) is 5.32 Å². The molecule has 0 spiro atoms. The maximum atomic E-state index is 11.8. The molecule has 8 heteroatoms. The molecule has 2 aromatic carbocycles. The SMILES string of the molecule is Cc1cc(C(=O)O)c(-c2ncc3ccsc3n2)cc1NCc1ccc(Cl)c(Cl)c1. The monoisotopic (exact) mass is 443 g/mol. The first-order chi connectivity index (χ1) is 13.9. The maximum Gasteiger partial charge on any atom is 0.336 e. The van der Waals surface area contributed by atoms with Crippen LogP contribution in [0.3, 0.4) is 0 Å². The molecule has 0 aliphatic heterocycles. The number of nitrogens with one attached hydrogen (secondary N) is 1. The van der Waals surface area contributed by atoms with E-state index >= 15 is 0 Å². The van der Waals surface area contributed by atoms with E-state index in [0.717, 1.165) is 27.0 Å². The van der Waals surface area contributed by atoms with Gasteiger partial charge in [0.2, 0.25) is 0 Å². The standard InChI is InChI=1S/C21H15Cl2N3O2S/c1-11-6-15(21(27)28)14(19-25-10-13-4-5-29-20(13)26-19)8-18(11)24-9-12-2-3-16(22)17(23)7-12/h2-8,10,24H,9H2,1H3,(H,27,28). The van der Waals surface area contributed by atoms with Crippen LogP contribution < -0.4 is 5.32 Å². The summed E-state index contributed by atoms with van der Waals surface area (Å²) in [4.78, 5) is 21.6.